The van der Waals surface area contributed by atoms with E-state index in [1.54, 1.807) is 18.7 Å². The smallest absolute Gasteiger partial charge is 0.158 e. The van der Waals surface area contributed by atoms with Gasteiger partial charge in [-0.15, -0.1) is 0 Å². The zero-order chi connectivity index (χ0) is 17.6. The maximum atomic E-state index is 4.53. The summed E-state index contributed by atoms with van der Waals surface area (Å²) < 4.78 is 1.87. The highest BCUT2D eigenvalue weighted by molar-refractivity contribution is 5.37. The van der Waals surface area contributed by atoms with Crippen molar-refractivity contribution < 1.29 is 0 Å². The van der Waals surface area contributed by atoms with Gasteiger partial charge in [-0.25, -0.2) is 19.6 Å². The fraction of sp³-hybridized carbons (Fsp3) is 0.316. The molecule has 0 radical (unpaired) electrons. The Morgan fingerprint density at radius 1 is 1.16 bits per heavy atom. The second kappa shape index (κ2) is 7.79. The topological polar surface area (TPSA) is 68.8 Å². The van der Waals surface area contributed by atoms with Crippen LogP contribution in [0, 0.1) is 6.92 Å². The SMILES string of the molecule is C=NCc1cccnc1-n1nccc1Cc1ncnc(C)c1CCC. The van der Waals surface area contributed by atoms with Crippen molar-refractivity contribution in [3.05, 3.63) is 65.1 Å². The largest absolute Gasteiger partial charge is 0.296 e. The number of hydrogen-bond acceptors (Lipinski definition) is 5. The van der Waals surface area contributed by atoms with Gasteiger partial charge in [-0.2, -0.15) is 5.10 Å². The molecular weight excluding hydrogens is 312 g/mol. The number of pyridine rings is 1. The zero-order valence-electron chi connectivity index (χ0n) is 14.7. The van der Waals surface area contributed by atoms with Gasteiger partial charge in [0, 0.05) is 30.1 Å². The van der Waals surface area contributed by atoms with Crippen LogP contribution in [0.5, 0.6) is 0 Å². The van der Waals surface area contributed by atoms with Crippen molar-refractivity contribution >= 4 is 6.72 Å². The van der Waals surface area contributed by atoms with Gasteiger partial charge in [0.15, 0.2) is 5.82 Å². The quantitative estimate of drug-likeness (QED) is 0.623. The van der Waals surface area contributed by atoms with Gasteiger partial charge >= 0.3 is 0 Å². The third kappa shape index (κ3) is 3.63. The fourth-order valence-corrected chi connectivity index (χ4v) is 2.97. The Labute approximate surface area is 147 Å². The van der Waals surface area contributed by atoms with E-state index in [0.717, 1.165) is 41.3 Å². The monoisotopic (exact) mass is 334 g/mol. The maximum absolute atomic E-state index is 4.53. The van der Waals surface area contributed by atoms with Crippen LogP contribution in [0.3, 0.4) is 0 Å². The third-order valence-electron chi connectivity index (χ3n) is 4.17. The van der Waals surface area contributed by atoms with E-state index in [4.69, 9.17) is 0 Å². The Balaban J connectivity index is 1.99. The van der Waals surface area contributed by atoms with E-state index in [1.165, 1.54) is 5.56 Å². The van der Waals surface area contributed by atoms with Gasteiger partial charge in [-0.3, -0.25) is 4.99 Å². The molecule has 0 aliphatic rings. The van der Waals surface area contributed by atoms with Gasteiger partial charge in [0.05, 0.1) is 17.9 Å². The van der Waals surface area contributed by atoms with Crippen molar-refractivity contribution in [2.45, 2.75) is 39.7 Å². The summed E-state index contributed by atoms with van der Waals surface area (Å²) in [5.41, 5.74) is 5.36. The van der Waals surface area contributed by atoms with Crippen molar-refractivity contribution in [2.75, 3.05) is 0 Å². The van der Waals surface area contributed by atoms with Crippen molar-refractivity contribution in [1.29, 1.82) is 0 Å². The van der Waals surface area contributed by atoms with Crippen LogP contribution in [0.25, 0.3) is 5.82 Å². The number of aryl methyl sites for hydroxylation is 1. The highest BCUT2D eigenvalue weighted by Gasteiger charge is 2.14. The second-order valence-electron chi connectivity index (χ2n) is 5.91. The van der Waals surface area contributed by atoms with Gasteiger partial charge < -0.3 is 0 Å². The van der Waals surface area contributed by atoms with E-state index < -0.39 is 0 Å². The molecule has 0 fully saturated rings. The van der Waals surface area contributed by atoms with Crippen LogP contribution in [0.15, 0.2) is 41.9 Å². The van der Waals surface area contributed by atoms with Crippen LogP contribution in [0.1, 0.15) is 41.6 Å². The minimum atomic E-state index is 0.510. The molecule has 0 aromatic carbocycles. The van der Waals surface area contributed by atoms with E-state index in [0.29, 0.717) is 13.0 Å². The highest BCUT2D eigenvalue weighted by Crippen LogP contribution is 2.19. The molecule has 0 amide bonds. The number of hydrogen-bond donors (Lipinski definition) is 0. The molecule has 0 spiro atoms. The molecule has 0 N–H and O–H groups in total. The Bertz CT molecular complexity index is 868. The van der Waals surface area contributed by atoms with Crippen molar-refractivity contribution in [3.8, 4) is 5.82 Å². The van der Waals surface area contributed by atoms with E-state index in [2.05, 4.69) is 38.7 Å². The molecule has 6 heteroatoms. The lowest BCUT2D eigenvalue weighted by Crippen LogP contribution is -2.10. The zero-order valence-corrected chi connectivity index (χ0v) is 14.7. The minimum Gasteiger partial charge on any atom is -0.296 e. The van der Waals surface area contributed by atoms with Crippen molar-refractivity contribution in [1.82, 2.24) is 24.7 Å². The molecule has 3 rings (SSSR count). The molecule has 0 aliphatic heterocycles. The molecule has 0 unspecified atom stereocenters. The summed E-state index contributed by atoms with van der Waals surface area (Å²) in [6, 6.07) is 5.91. The minimum absolute atomic E-state index is 0.510. The van der Waals surface area contributed by atoms with Crippen LogP contribution in [0.2, 0.25) is 0 Å². The highest BCUT2D eigenvalue weighted by atomic mass is 15.3. The van der Waals surface area contributed by atoms with Gasteiger partial charge in [-0.05, 0) is 37.8 Å². The third-order valence-corrected chi connectivity index (χ3v) is 4.17. The van der Waals surface area contributed by atoms with E-state index in [1.807, 2.05) is 29.8 Å². The summed E-state index contributed by atoms with van der Waals surface area (Å²) in [4.78, 5) is 17.4. The summed E-state index contributed by atoms with van der Waals surface area (Å²) in [6.45, 7) is 8.31. The van der Waals surface area contributed by atoms with Crippen LogP contribution in [0.4, 0.5) is 0 Å². The number of aromatic nitrogens is 5. The molecular formula is C19H22N6. The number of aliphatic imine (C=N–C) groups is 1. The Kier molecular flexibility index (Phi) is 5.28. The molecule has 6 nitrogen and oxygen atoms in total. The van der Waals surface area contributed by atoms with E-state index in [-0.39, 0.29) is 0 Å². The lowest BCUT2D eigenvalue weighted by atomic mass is 10.0. The van der Waals surface area contributed by atoms with Gasteiger partial charge in [0.2, 0.25) is 0 Å². The maximum Gasteiger partial charge on any atom is 0.158 e. The molecule has 25 heavy (non-hydrogen) atoms. The standard InChI is InChI=1S/C19H22N6/c1-4-6-17-14(2)22-13-23-18(17)11-16-8-10-24-25(16)19-15(12-20-3)7-5-9-21-19/h5,7-10,13H,3-4,6,11-12H2,1-2H3. The molecule has 0 saturated carbocycles. The summed E-state index contributed by atoms with van der Waals surface area (Å²) >= 11 is 0. The lowest BCUT2D eigenvalue weighted by molar-refractivity contribution is 0.766. The van der Waals surface area contributed by atoms with Crippen LogP contribution >= 0.6 is 0 Å². The number of nitrogens with zero attached hydrogens (tertiary/aromatic N) is 6. The summed E-state index contributed by atoms with van der Waals surface area (Å²) in [7, 11) is 0. The van der Waals surface area contributed by atoms with Crippen LogP contribution in [-0.4, -0.2) is 31.4 Å². The summed E-state index contributed by atoms with van der Waals surface area (Å²) in [5, 5.41) is 4.47. The van der Waals surface area contributed by atoms with Gasteiger partial charge in [-0.1, -0.05) is 19.4 Å². The summed E-state index contributed by atoms with van der Waals surface area (Å²) in [5.74, 6) is 0.790. The molecule has 128 valence electrons. The Hall–Kier alpha value is -2.89. The van der Waals surface area contributed by atoms with E-state index >= 15 is 0 Å². The van der Waals surface area contributed by atoms with Crippen LogP contribution in [-0.2, 0) is 19.4 Å². The predicted octanol–water partition coefficient (Wildman–Crippen LogP) is 3.11. The van der Waals surface area contributed by atoms with Gasteiger partial charge in [0.1, 0.15) is 6.33 Å². The van der Waals surface area contributed by atoms with Crippen LogP contribution < -0.4 is 0 Å². The summed E-state index contributed by atoms with van der Waals surface area (Å²) in [6.07, 6.45) is 7.93. The average Bonchev–Trinajstić information content (AvgIpc) is 3.07. The normalized spacial score (nSPS) is 10.8. The number of rotatable bonds is 7. The Morgan fingerprint density at radius 2 is 2.04 bits per heavy atom. The van der Waals surface area contributed by atoms with Crippen molar-refractivity contribution in [3.63, 3.8) is 0 Å². The molecule has 0 saturated heterocycles. The first-order valence-corrected chi connectivity index (χ1v) is 8.43. The average molecular weight is 334 g/mol. The lowest BCUT2D eigenvalue weighted by Gasteiger charge is -2.13. The molecule has 3 aromatic heterocycles. The van der Waals surface area contributed by atoms with Crippen molar-refractivity contribution in [2.24, 2.45) is 4.99 Å². The molecule has 0 bridgehead atoms. The predicted molar refractivity (Wildman–Crippen MR) is 98.2 cm³/mol. The van der Waals surface area contributed by atoms with E-state index in [9.17, 15) is 0 Å². The molecule has 3 aromatic rings. The Morgan fingerprint density at radius 3 is 2.84 bits per heavy atom. The first-order valence-electron chi connectivity index (χ1n) is 8.43. The molecule has 0 atom stereocenters. The first kappa shape index (κ1) is 17.0. The van der Waals surface area contributed by atoms with Gasteiger partial charge in [0.25, 0.3) is 0 Å². The molecule has 0 aliphatic carbocycles. The first-order chi connectivity index (χ1) is 12.2. The second-order valence-corrected chi connectivity index (χ2v) is 5.91. The fourth-order valence-electron chi connectivity index (χ4n) is 2.97. The molecule has 3 heterocycles.